The molecule has 0 saturated heterocycles. The highest BCUT2D eigenvalue weighted by Crippen LogP contribution is 2.31. The first kappa shape index (κ1) is 22.4. The molecule has 0 unspecified atom stereocenters. The van der Waals surface area contributed by atoms with E-state index in [1.54, 1.807) is 12.3 Å². The van der Waals surface area contributed by atoms with Crippen LogP contribution >= 0.6 is 23.2 Å². The van der Waals surface area contributed by atoms with E-state index in [4.69, 9.17) is 23.2 Å². The summed E-state index contributed by atoms with van der Waals surface area (Å²) in [5.41, 5.74) is 5.90. The molecule has 2 N–H and O–H groups in total. The number of carbonyl (C=O) groups excluding carboxylic acids is 2. The predicted molar refractivity (Wildman–Crippen MR) is 121 cm³/mol. The van der Waals surface area contributed by atoms with Crippen molar-refractivity contribution in [2.45, 2.75) is 58.4 Å². The van der Waals surface area contributed by atoms with Crippen LogP contribution in [-0.4, -0.2) is 28.6 Å². The Morgan fingerprint density at radius 3 is 2.63 bits per heavy atom. The number of nitrogens with one attached hydrogen (secondary N) is 2. The topological polar surface area (TPSA) is 75.5 Å². The Labute approximate surface area is 186 Å². The molecule has 1 aliphatic rings. The summed E-state index contributed by atoms with van der Waals surface area (Å²) in [7, 11) is 0. The van der Waals surface area contributed by atoms with E-state index in [1.165, 1.54) is 6.42 Å². The van der Waals surface area contributed by atoms with Crippen molar-refractivity contribution in [3.8, 4) is 5.69 Å². The smallest absolute Gasteiger partial charge is 0.249 e. The zero-order chi connectivity index (χ0) is 21.7. The van der Waals surface area contributed by atoms with Gasteiger partial charge in [-0.05, 0) is 44.9 Å². The monoisotopic (exact) mass is 448 g/mol. The number of aromatic nitrogens is 1. The lowest BCUT2D eigenvalue weighted by Crippen LogP contribution is -2.38. The zero-order valence-corrected chi connectivity index (χ0v) is 18.7. The van der Waals surface area contributed by atoms with Gasteiger partial charge in [-0.25, -0.2) is 5.43 Å². The summed E-state index contributed by atoms with van der Waals surface area (Å²) in [5, 5.41) is 7.90. The van der Waals surface area contributed by atoms with E-state index in [0.717, 1.165) is 48.3 Å². The minimum Gasteiger partial charge on any atom is -0.353 e. The van der Waals surface area contributed by atoms with Crippen molar-refractivity contribution in [3.63, 3.8) is 0 Å². The standard InChI is InChI=1S/C22H26Cl2N4O2/c1-14-11-16(15(2)28(14)19-10-6-9-18(23)22(19)24)13-25-27-21(30)12-20(29)26-17-7-4-3-5-8-17/h6,9-11,13,17H,3-5,7-8,12H2,1-2H3,(H,26,29)(H,27,30)/b25-13-. The highest BCUT2D eigenvalue weighted by molar-refractivity contribution is 6.43. The number of amides is 2. The van der Waals surface area contributed by atoms with E-state index >= 15 is 0 Å². The first-order valence-electron chi connectivity index (χ1n) is 10.1. The summed E-state index contributed by atoms with van der Waals surface area (Å²) in [4.78, 5) is 24.0. The second kappa shape index (κ2) is 10.1. The Bertz CT molecular complexity index is 962. The van der Waals surface area contributed by atoms with E-state index in [9.17, 15) is 9.59 Å². The molecular formula is C22H26Cl2N4O2. The first-order valence-corrected chi connectivity index (χ1v) is 10.9. The van der Waals surface area contributed by atoms with Crippen LogP contribution in [0.2, 0.25) is 10.0 Å². The third kappa shape index (κ3) is 5.43. The molecule has 0 atom stereocenters. The van der Waals surface area contributed by atoms with Crippen molar-refractivity contribution in [2.24, 2.45) is 5.10 Å². The first-order chi connectivity index (χ1) is 14.4. The van der Waals surface area contributed by atoms with Crippen molar-refractivity contribution in [1.29, 1.82) is 0 Å². The summed E-state index contributed by atoms with van der Waals surface area (Å²) in [6.45, 7) is 3.89. The van der Waals surface area contributed by atoms with Gasteiger partial charge in [-0.2, -0.15) is 5.10 Å². The van der Waals surface area contributed by atoms with E-state index in [0.29, 0.717) is 10.0 Å². The quantitative estimate of drug-likeness (QED) is 0.382. The van der Waals surface area contributed by atoms with Crippen LogP contribution in [0.5, 0.6) is 0 Å². The van der Waals surface area contributed by atoms with Gasteiger partial charge in [-0.1, -0.05) is 48.5 Å². The molecule has 160 valence electrons. The molecule has 1 aromatic carbocycles. The van der Waals surface area contributed by atoms with Gasteiger partial charge in [0.05, 0.1) is 21.9 Å². The van der Waals surface area contributed by atoms with Crippen LogP contribution in [0.15, 0.2) is 29.4 Å². The maximum Gasteiger partial charge on any atom is 0.249 e. The number of aryl methyl sites for hydroxylation is 1. The van der Waals surface area contributed by atoms with E-state index < -0.39 is 5.91 Å². The molecule has 0 bridgehead atoms. The van der Waals surface area contributed by atoms with Crippen molar-refractivity contribution in [1.82, 2.24) is 15.3 Å². The number of hydrogen-bond donors (Lipinski definition) is 2. The number of benzene rings is 1. The molecule has 1 fully saturated rings. The zero-order valence-electron chi connectivity index (χ0n) is 17.2. The summed E-state index contributed by atoms with van der Waals surface area (Å²) >= 11 is 12.5. The average molecular weight is 449 g/mol. The highest BCUT2D eigenvalue weighted by Gasteiger charge is 2.17. The number of rotatable bonds is 6. The van der Waals surface area contributed by atoms with Gasteiger partial charge >= 0.3 is 0 Å². The largest absolute Gasteiger partial charge is 0.353 e. The number of carbonyl (C=O) groups is 2. The Hall–Kier alpha value is -2.31. The Balaban J connectivity index is 1.60. The molecule has 2 aromatic rings. The summed E-state index contributed by atoms with van der Waals surface area (Å²) in [6, 6.07) is 7.60. The molecule has 2 amide bonds. The van der Waals surface area contributed by atoms with Crippen molar-refractivity contribution in [3.05, 3.63) is 51.3 Å². The average Bonchev–Trinajstić information content (AvgIpc) is 2.98. The molecule has 1 saturated carbocycles. The number of halogens is 2. The fourth-order valence-electron chi connectivity index (χ4n) is 3.84. The fourth-order valence-corrected chi connectivity index (χ4v) is 4.22. The highest BCUT2D eigenvalue weighted by atomic mass is 35.5. The van der Waals surface area contributed by atoms with Gasteiger partial charge in [-0.15, -0.1) is 0 Å². The molecule has 3 rings (SSSR count). The SMILES string of the molecule is Cc1cc(/C=N\NC(=O)CC(=O)NC2CCCCC2)c(C)n1-c1cccc(Cl)c1Cl. The maximum absolute atomic E-state index is 12.0. The third-order valence-corrected chi connectivity index (χ3v) is 6.14. The second-order valence-electron chi connectivity index (χ2n) is 7.61. The van der Waals surface area contributed by atoms with Gasteiger partial charge in [0, 0.05) is 23.0 Å². The van der Waals surface area contributed by atoms with Gasteiger partial charge in [0.2, 0.25) is 11.8 Å². The number of nitrogens with zero attached hydrogens (tertiary/aromatic N) is 2. The molecule has 0 spiro atoms. The summed E-state index contributed by atoms with van der Waals surface area (Å²) in [5.74, 6) is -0.699. The van der Waals surface area contributed by atoms with E-state index in [2.05, 4.69) is 15.8 Å². The van der Waals surface area contributed by atoms with Crippen LogP contribution in [0.4, 0.5) is 0 Å². The van der Waals surface area contributed by atoms with Gasteiger partial charge in [0.15, 0.2) is 0 Å². The molecule has 0 radical (unpaired) electrons. The van der Waals surface area contributed by atoms with Crippen LogP contribution in [0, 0.1) is 13.8 Å². The second-order valence-corrected chi connectivity index (χ2v) is 8.39. The molecule has 1 aromatic heterocycles. The summed E-state index contributed by atoms with van der Waals surface area (Å²) < 4.78 is 1.98. The van der Waals surface area contributed by atoms with Crippen LogP contribution in [0.3, 0.4) is 0 Å². The van der Waals surface area contributed by atoms with Crippen LogP contribution in [0.25, 0.3) is 5.69 Å². The van der Waals surface area contributed by atoms with Gasteiger partial charge in [0.1, 0.15) is 6.42 Å². The normalized spacial score (nSPS) is 14.8. The Morgan fingerprint density at radius 1 is 1.17 bits per heavy atom. The molecule has 6 nitrogen and oxygen atoms in total. The molecule has 1 heterocycles. The third-order valence-electron chi connectivity index (χ3n) is 5.33. The van der Waals surface area contributed by atoms with Gasteiger partial charge in [-0.3, -0.25) is 9.59 Å². The minimum atomic E-state index is -0.439. The number of hydrazone groups is 1. The molecule has 8 heteroatoms. The molecule has 0 aliphatic heterocycles. The molecular weight excluding hydrogens is 423 g/mol. The Kier molecular flexibility index (Phi) is 7.56. The predicted octanol–water partition coefficient (Wildman–Crippen LogP) is 4.69. The van der Waals surface area contributed by atoms with Gasteiger partial charge < -0.3 is 9.88 Å². The number of hydrogen-bond acceptors (Lipinski definition) is 3. The minimum absolute atomic E-state index is 0.186. The van der Waals surface area contributed by atoms with Crippen molar-refractivity contribution < 1.29 is 9.59 Å². The van der Waals surface area contributed by atoms with Crippen LogP contribution in [0.1, 0.15) is 55.5 Å². The maximum atomic E-state index is 12.0. The van der Waals surface area contributed by atoms with Crippen molar-refractivity contribution >= 4 is 41.2 Å². The van der Waals surface area contributed by atoms with Crippen molar-refractivity contribution in [2.75, 3.05) is 0 Å². The Morgan fingerprint density at radius 2 is 1.90 bits per heavy atom. The lowest BCUT2D eigenvalue weighted by Gasteiger charge is -2.22. The summed E-state index contributed by atoms with van der Waals surface area (Å²) in [6.07, 6.45) is 6.76. The van der Waals surface area contributed by atoms with E-state index in [1.807, 2.05) is 36.6 Å². The lowest BCUT2D eigenvalue weighted by atomic mass is 9.95. The van der Waals surface area contributed by atoms with Crippen LogP contribution < -0.4 is 10.7 Å². The van der Waals surface area contributed by atoms with Crippen LogP contribution in [-0.2, 0) is 9.59 Å². The molecule has 30 heavy (non-hydrogen) atoms. The lowest BCUT2D eigenvalue weighted by molar-refractivity contribution is -0.129. The van der Waals surface area contributed by atoms with Gasteiger partial charge in [0.25, 0.3) is 0 Å². The fraction of sp³-hybridized carbons (Fsp3) is 0.409. The molecule has 1 aliphatic carbocycles. The van der Waals surface area contributed by atoms with E-state index in [-0.39, 0.29) is 18.4 Å².